The second-order valence-corrected chi connectivity index (χ2v) is 2.40. The molecule has 1 rings (SSSR count). The van der Waals surface area contributed by atoms with Crippen molar-refractivity contribution < 1.29 is 13.2 Å². The zero-order valence-corrected chi connectivity index (χ0v) is 6.82. The van der Waals surface area contributed by atoms with E-state index in [0.717, 1.165) is 6.33 Å². The lowest BCUT2D eigenvalue weighted by atomic mass is 10.4. The highest BCUT2D eigenvalue weighted by atomic mass is 35.5. The Hall–Kier alpha value is -1.08. The van der Waals surface area contributed by atoms with Gasteiger partial charge in [-0.15, -0.1) is 0 Å². The van der Waals surface area contributed by atoms with Crippen LogP contribution in [0.4, 0.5) is 19.0 Å². The molecular formula is C5H4ClF3N4. The first-order valence-corrected chi connectivity index (χ1v) is 3.39. The molecule has 4 nitrogen and oxygen atoms in total. The van der Waals surface area contributed by atoms with Gasteiger partial charge in [0, 0.05) is 0 Å². The topological polar surface area (TPSA) is 63.8 Å². The number of halogens is 4. The lowest BCUT2D eigenvalue weighted by Gasteiger charge is -2.08. The fourth-order valence-electron chi connectivity index (χ4n) is 0.668. The molecule has 0 unspecified atom stereocenters. The van der Waals surface area contributed by atoms with Gasteiger partial charge in [0.2, 0.25) is 0 Å². The van der Waals surface area contributed by atoms with Crippen LogP contribution in [0.15, 0.2) is 6.33 Å². The van der Waals surface area contributed by atoms with Crippen molar-refractivity contribution in [2.75, 3.05) is 5.43 Å². The zero-order valence-electron chi connectivity index (χ0n) is 6.06. The van der Waals surface area contributed by atoms with Gasteiger partial charge in [0.1, 0.15) is 11.3 Å². The number of nitrogens with zero attached hydrogens (tertiary/aromatic N) is 2. The molecule has 3 N–H and O–H groups in total. The molecule has 0 saturated heterocycles. The van der Waals surface area contributed by atoms with E-state index in [9.17, 15) is 13.2 Å². The molecule has 0 saturated carbocycles. The van der Waals surface area contributed by atoms with Gasteiger partial charge < -0.3 is 5.43 Å². The second kappa shape index (κ2) is 3.35. The van der Waals surface area contributed by atoms with E-state index in [1.54, 1.807) is 0 Å². The predicted octanol–water partition coefficient (Wildman–Crippen LogP) is 1.43. The third-order valence-corrected chi connectivity index (χ3v) is 1.55. The maximum atomic E-state index is 12.1. The van der Waals surface area contributed by atoms with Gasteiger partial charge in [-0.25, -0.2) is 15.8 Å². The van der Waals surface area contributed by atoms with Crippen molar-refractivity contribution in [2.24, 2.45) is 5.84 Å². The number of hydrazine groups is 1. The van der Waals surface area contributed by atoms with Gasteiger partial charge in [0.15, 0.2) is 11.5 Å². The number of hydrogen-bond donors (Lipinski definition) is 2. The summed E-state index contributed by atoms with van der Waals surface area (Å²) in [7, 11) is 0. The smallest absolute Gasteiger partial charge is 0.307 e. The molecule has 1 heterocycles. The van der Waals surface area contributed by atoms with Crippen LogP contribution in [-0.2, 0) is 6.18 Å². The number of anilines is 1. The van der Waals surface area contributed by atoms with Crippen molar-refractivity contribution in [3.8, 4) is 0 Å². The Labute approximate surface area is 75.9 Å². The Morgan fingerprint density at radius 2 is 2.00 bits per heavy atom. The minimum atomic E-state index is -4.61. The Morgan fingerprint density at radius 1 is 1.38 bits per heavy atom. The quantitative estimate of drug-likeness (QED) is 0.546. The SMILES string of the molecule is NNc1ncnc(C(F)(F)F)c1Cl. The number of nitrogens with one attached hydrogen (secondary N) is 1. The van der Waals surface area contributed by atoms with Crippen LogP contribution in [0.5, 0.6) is 0 Å². The number of hydrogen-bond acceptors (Lipinski definition) is 4. The largest absolute Gasteiger partial charge is 0.435 e. The Balaban J connectivity index is 3.24. The summed E-state index contributed by atoms with van der Waals surface area (Å²) >= 11 is 5.31. The van der Waals surface area contributed by atoms with Gasteiger partial charge in [-0.3, -0.25) is 0 Å². The summed E-state index contributed by atoms with van der Waals surface area (Å²) in [6.07, 6.45) is -3.88. The first-order valence-electron chi connectivity index (χ1n) is 3.01. The second-order valence-electron chi connectivity index (χ2n) is 2.03. The maximum Gasteiger partial charge on any atom is 0.435 e. The monoisotopic (exact) mass is 212 g/mol. The van der Waals surface area contributed by atoms with E-state index in [1.165, 1.54) is 0 Å². The van der Waals surface area contributed by atoms with Crippen LogP contribution in [0.25, 0.3) is 0 Å². The van der Waals surface area contributed by atoms with Crippen LogP contribution in [0.3, 0.4) is 0 Å². The summed E-state index contributed by atoms with van der Waals surface area (Å²) < 4.78 is 36.4. The average molecular weight is 213 g/mol. The van der Waals surface area contributed by atoms with Crippen molar-refractivity contribution in [2.45, 2.75) is 6.18 Å². The van der Waals surface area contributed by atoms with Crippen LogP contribution >= 0.6 is 11.6 Å². The van der Waals surface area contributed by atoms with Crippen LogP contribution in [0.1, 0.15) is 5.69 Å². The molecule has 0 aliphatic carbocycles. The van der Waals surface area contributed by atoms with E-state index in [0.29, 0.717) is 0 Å². The molecular weight excluding hydrogens is 209 g/mol. The zero-order chi connectivity index (χ0) is 10.1. The fourth-order valence-corrected chi connectivity index (χ4v) is 0.927. The van der Waals surface area contributed by atoms with Gasteiger partial charge in [-0.1, -0.05) is 11.6 Å². The van der Waals surface area contributed by atoms with Crippen LogP contribution in [-0.4, -0.2) is 9.97 Å². The first kappa shape index (κ1) is 10.0. The molecule has 0 bridgehead atoms. The van der Waals surface area contributed by atoms with Crippen molar-refractivity contribution >= 4 is 17.4 Å². The number of alkyl halides is 3. The summed E-state index contributed by atoms with van der Waals surface area (Å²) in [5, 5.41) is -0.641. The molecule has 1 aromatic rings. The van der Waals surface area contributed by atoms with E-state index < -0.39 is 16.9 Å². The average Bonchev–Trinajstić information content (AvgIpc) is 2.02. The molecule has 0 aliphatic rings. The van der Waals surface area contributed by atoms with Crippen molar-refractivity contribution in [3.63, 3.8) is 0 Å². The Bertz CT molecular complexity index is 313. The van der Waals surface area contributed by atoms with Crippen molar-refractivity contribution in [1.82, 2.24) is 9.97 Å². The first-order chi connectivity index (χ1) is 5.96. The van der Waals surface area contributed by atoms with Crippen molar-refractivity contribution in [1.29, 1.82) is 0 Å². The van der Waals surface area contributed by atoms with Crippen LogP contribution in [0.2, 0.25) is 5.02 Å². The molecule has 0 amide bonds. The summed E-state index contributed by atoms with van der Waals surface area (Å²) in [6, 6.07) is 0. The van der Waals surface area contributed by atoms with Gasteiger partial charge in [-0.2, -0.15) is 13.2 Å². The number of nitrogens with two attached hydrogens (primary N) is 1. The van der Waals surface area contributed by atoms with Gasteiger partial charge in [0.25, 0.3) is 0 Å². The minimum absolute atomic E-state index is 0.260. The van der Waals surface area contributed by atoms with Gasteiger partial charge in [-0.05, 0) is 0 Å². The molecule has 0 atom stereocenters. The third kappa shape index (κ3) is 1.99. The molecule has 0 aromatic carbocycles. The summed E-state index contributed by atoms with van der Waals surface area (Å²) in [5.74, 6) is 4.61. The predicted molar refractivity (Wildman–Crippen MR) is 39.9 cm³/mol. The normalized spacial score (nSPS) is 11.5. The molecule has 0 fully saturated rings. The van der Waals surface area contributed by atoms with Gasteiger partial charge >= 0.3 is 6.18 Å². The highest BCUT2D eigenvalue weighted by Crippen LogP contribution is 2.34. The molecule has 8 heteroatoms. The van der Waals surface area contributed by atoms with Crippen LogP contribution < -0.4 is 11.3 Å². The molecule has 72 valence electrons. The number of aromatic nitrogens is 2. The molecule has 13 heavy (non-hydrogen) atoms. The summed E-state index contributed by atoms with van der Waals surface area (Å²) in [6.45, 7) is 0. The van der Waals surface area contributed by atoms with Crippen molar-refractivity contribution in [3.05, 3.63) is 17.0 Å². The maximum absolute atomic E-state index is 12.1. The standard InChI is InChI=1S/C5H4ClF3N4/c6-2-3(5(7,8)9)11-1-12-4(2)13-10/h1H,10H2,(H,11,12,13). The molecule has 1 aromatic heterocycles. The van der Waals surface area contributed by atoms with E-state index in [-0.39, 0.29) is 5.82 Å². The fraction of sp³-hybridized carbons (Fsp3) is 0.200. The summed E-state index contributed by atoms with van der Waals surface area (Å²) in [4.78, 5) is 6.39. The highest BCUT2D eigenvalue weighted by molar-refractivity contribution is 6.33. The molecule has 0 radical (unpaired) electrons. The number of nitrogen functional groups attached to an aromatic ring is 1. The van der Waals surface area contributed by atoms with Crippen LogP contribution in [0, 0.1) is 0 Å². The van der Waals surface area contributed by atoms with E-state index in [2.05, 4.69) is 9.97 Å². The van der Waals surface area contributed by atoms with Gasteiger partial charge in [0.05, 0.1) is 0 Å². The molecule has 0 aliphatic heterocycles. The lowest BCUT2D eigenvalue weighted by molar-refractivity contribution is -0.141. The lowest BCUT2D eigenvalue weighted by Crippen LogP contribution is -2.14. The number of rotatable bonds is 1. The molecule has 0 spiro atoms. The van der Waals surface area contributed by atoms with E-state index >= 15 is 0 Å². The highest BCUT2D eigenvalue weighted by Gasteiger charge is 2.36. The minimum Gasteiger partial charge on any atom is -0.307 e. The summed E-state index contributed by atoms with van der Waals surface area (Å²) in [5.41, 5.74) is 0.714. The van der Waals surface area contributed by atoms with E-state index in [4.69, 9.17) is 17.4 Å². The Morgan fingerprint density at radius 3 is 2.46 bits per heavy atom. The van der Waals surface area contributed by atoms with E-state index in [1.807, 2.05) is 5.43 Å². The third-order valence-electron chi connectivity index (χ3n) is 1.19. The Kier molecular flexibility index (Phi) is 2.58.